The monoisotopic (exact) mass is 477 g/mol. The van der Waals surface area contributed by atoms with E-state index in [1.54, 1.807) is 24.3 Å². The molecular weight excluding hydrogens is 462 g/mol. The summed E-state index contributed by atoms with van der Waals surface area (Å²) in [5, 5.41) is 17.1. The van der Waals surface area contributed by atoms with Gasteiger partial charge in [-0.2, -0.15) is 0 Å². The van der Waals surface area contributed by atoms with Crippen molar-refractivity contribution in [1.29, 1.82) is 0 Å². The Bertz CT molecular complexity index is 1330. The number of para-hydroxylation sites is 1. The first-order valence-corrected chi connectivity index (χ1v) is 11.5. The smallest absolute Gasteiger partial charge is 0.335 e. The highest BCUT2D eigenvalue weighted by molar-refractivity contribution is 8.03. The van der Waals surface area contributed by atoms with Crippen LogP contribution in [-0.2, 0) is 14.5 Å². The molecule has 164 valence electrons. The lowest BCUT2D eigenvalue weighted by Gasteiger charge is -2.33. The molecule has 2 N–H and O–H groups in total. The van der Waals surface area contributed by atoms with Gasteiger partial charge in [0.05, 0.1) is 5.56 Å². The quantitative estimate of drug-likeness (QED) is 0.560. The predicted octanol–water partition coefficient (Wildman–Crippen LogP) is 4.85. The molecule has 0 radical (unpaired) electrons. The minimum absolute atomic E-state index is 0.163. The Hall–Kier alpha value is -3.49. The molecule has 3 heterocycles. The number of carbonyl (C=O) groups is 2. The summed E-state index contributed by atoms with van der Waals surface area (Å²) in [7, 11) is 0. The molecule has 1 fully saturated rings. The van der Waals surface area contributed by atoms with E-state index in [9.17, 15) is 14.7 Å². The molecule has 0 aliphatic carbocycles. The lowest BCUT2D eigenvalue weighted by Crippen LogP contribution is -2.47. The summed E-state index contributed by atoms with van der Waals surface area (Å²) in [4.78, 5) is 31.5. The van der Waals surface area contributed by atoms with Gasteiger partial charge in [-0.3, -0.25) is 9.69 Å². The first-order chi connectivity index (χ1) is 16.0. The third kappa shape index (κ3) is 2.87. The number of benzene rings is 3. The van der Waals surface area contributed by atoms with E-state index in [4.69, 9.17) is 16.4 Å². The minimum Gasteiger partial charge on any atom is -0.478 e. The van der Waals surface area contributed by atoms with Crippen LogP contribution in [0.1, 0.15) is 27.6 Å². The van der Waals surface area contributed by atoms with E-state index in [1.807, 2.05) is 41.3 Å². The number of oxime groups is 1. The van der Waals surface area contributed by atoms with Crippen LogP contribution in [0.3, 0.4) is 0 Å². The van der Waals surface area contributed by atoms with Crippen molar-refractivity contribution in [2.45, 2.75) is 16.2 Å². The zero-order valence-corrected chi connectivity index (χ0v) is 18.5. The van der Waals surface area contributed by atoms with Crippen molar-refractivity contribution in [3.63, 3.8) is 0 Å². The Labute approximate surface area is 198 Å². The number of carbonyl (C=O) groups excluding carboxylic acids is 1. The molecule has 3 aliphatic rings. The fraction of sp³-hybridized carbons (Fsp3) is 0.125. The molecule has 1 saturated heterocycles. The highest BCUT2D eigenvalue weighted by Gasteiger charge is 2.64. The summed E-state index contributed by atoms with van der Waals surface area (Å²) < 4.78 is 0. The van der Waals surface area contributed by atoms with Crippen LogP contribution in [0.4, 0.5) is 11.4 Å². The first kappa shape index (κ1) is 20.1. The fourth-order valence-electron chi connectivity index (χ4n) is 4.54. The number of fused-ring (bicyclic) bond motifs is 3. The highest BCUT2D eigenvalue weighted by Crippen LogP contribution is 2.60. The SMILES string of the molecule is O=C(O)c1ccc(N2C3=NOC(c4ccc(Cl)cc4)C3SC23C(=O)Nc2ccccc23)cc1. The zero-order chi connectivity index (χ0) is 22.7. The van der Waals surface area contributed by atoms with Gasteiger partial charge in [0.15, 0.2) is 11.9 Å². The number of carboxylic acid groups (broad SMARTS) is 1. The Morgan fingerprint density at radius 3 is 2.55 bits per heavy atom. The van der Waals surface area contributed by atoms with Gasteiger partial charge >= 0.3 is 5.97 Å². The topological polar surface area (TPSA) is 91.2 Å². The average Bonchev–Trinajstić information content (AvgIpc) is 3.46. The van der Waals surface area contributed by atoms with E-state index in [-0.39, 0.29) is 16.7 Å². The summed E-state index contributed by atoms with van der Waals surface area (Å²) >= 11 is 7.54. The summed E-state index contributed by atoms with van der Waals surface area (Å²) in [5.74, 6) is -0.587. The van der Waals surface area contributed by atoms with Crippen LogP contribution in [0, 0.1) is 0 Å². The molecule has 6 rings (SSSR count). The first-order valence-electron chi connectivity index (χ1n) is 10.2. The van der Waals surface area contributed by atoms with Gasteiger partial charge in [-0.05, 0) is 48.0 Å². The van der Waals surface area contributed by atoms with E-state index in [1.165, 1.54) is 23.9 Å². The maximum absolute atomic E-state index is 13.6. The Morgan fingerprint density at radius 1 is 1.09 bits per heavy atom. The third-order valence-corrected chi connectivity index (χ3v) is 7.94. The number of hydrogen-bond donors (Lipinski definition) is 2. The van der Waals surface area contributed by atoms with Crippen LogP contribution in [0.25, 0.3) is 0 Å². The number of halogens is 1. The molecule has 3 atom stereocenters. The van der Waals surface area contributed by atoms with Crippen molar-refractivity contribution in [3.05, 3.63) is 94.5 Å². The summed E-state index contributed by atoms with van der Waals surface area (Å²) in [6, 6.07) is 21.4. The second-order valence-electron chi connectivity index (χ2n) is 7.90. The summed E-state index contributed by atoms with van der Waals surface area (Å²) in [5.41, 5.74) is 3.29. The number of nitrogens with zero attached hydrogens (tertiary/aromatic N) is 2. The average molecular weight is 478 g/mol. The molecule has 3 aromatic carbocycles. The summed E-state index contributed by atoms with van der Waals surface area (Å²) in [6.45, 7) is 0. The second kappa shape index (κ2) is 7.26. The number of aromatic carboxylic acids is 1. The van der Waals surface area contributed by atoms with Crippen molar-refractivity contribution in [1.82, 2.24) is 0 Å². The van der Waals surface area contributed by atoms with Gasteiger partial charge in [-0.15, -0.1) is 11.8 Å². The number of nitrogens with one attached hydrogen (secondary N) is 1. The Balaban J connectivity index is 1.50. The van der Waals surface area contributed by atoms with Gasteiger partial charge in [0, 0.05) is 22.0 Å². The van der Waals surface area contributed by atoms with Gasteiger partial charge in [0.1, 0.15) is 5.25 Å². The number of amides is 1. The Morgan fingerprint density at radius 2 is 1.82 bits per heavy atom. The van der Waals surface area contributed by atoms with Gasteiger partial charge in [-0.25, -0.2) is 4.79 Å². The number of thioether (sulfide) groups is 1. The van der Waals surface area contributed by atoms with E-state index >= 15 is 0 Å². The van der Waals surface area contributed by atoms with Crippen LogP contribution in [0.15, 0.2) is 78.0 Å². The van der Waals surface area contributed by atoms with Crippen molar-refractivity contribution in [3.8, 4) is 0 Å². The van der Waals surface area contributed by atoms with Crippen LogP contribution in [0.2, 0.25) is 5.02 Å². The third-order valence-electron chi connectivity index (χ3n) is 6.05. The van der Waals surface area contributed by atoms with Crippen molar-refractivity contribution in [2.75, 3.05) is 10.2 Å². The van der Waals surface area contributed by atoms with E-state index in [2.05, 4.69) is 10.5 Å². The number of rotatable bonds is 3. The van der Waals surface area contributed by atoms with Crippen LogP contribution >= 0.6 is 23.4 Å². The van der Waals surface area contributed by atoms with Crippen molar-refractivity contribution >= 4 is 52.4 Å². The number of hydrogen-bond acceptors (Lipinski definition) is 6. The van der Waals surface area contributed by atoms with E-state index < -0.39 is 16.9 Å². The lowest BCUT2D eigenvalue weighted by atomic mass is 10.0. The molecule has 0 saturated carbocycles. The van der Waals surface area contributed by atoms with Gasteiger partial charge in [0.25, 0.3) is 5.91 Å². The molecule has 3 aliphatic heterocycles. The number of amidine groups is 1. The Kier molecular flexibility index (Phi) is 4.43. The molecule has 33 heavy (non-hydrogen) atoms. The minimum atomic E-state index is -1.10. The molecular formula is C24H16ClN3O4S. The van der Waals surface area contributed by atoms with Crippen molar-refractivity contribution < 1.29 is 19.5 Å². The molecule has 0 bridgehead atoms. The van der Waals surface area contributed by atoms with E-state index in [0.717, 1.165) is 16.8 Å². The van der Waals surface area contributed by atoms with Crippen molar-refractivity contribution in [2.24, 2.45) is 5.16 Å². The van der Waals surface area contributed by atoms with Gasteiger partial charge < -0.3 is 15.3 Å². The molecule has 7 nitrogen and oxygen atoms in total. The van der Waals surface area contributed by atoms with Gasteiger partial charge in [-0.1, -0.05) is 47.1 Å². The largest absolute Gasteiger partial charge is 0.478 e. The normalized spacial score (nSPS) is 24.8. The summed E-state index contributed by atoms with van der Waals surface area (Å²) in [6.07, 6.45) is -0.400. The zero-order valence-electron chi connectivity index (χ0n) is 16.9. The maximum atomic E-state index is 13.6. The standard InChI is InChI=1S/C24H16ClN3O4S/c25-15-9-5-13(6-10-15)19-20-21(27-32-19)28(16-11-7-14(8-12-16)22(29)30)24(33-20)17-3-1-2-4-18(17)26-23(24)31/h1-12,19-20H,(H,26,31)(H,29,30). The van der Waals surface area contributed by atoms with Crippen LogP contribution in [0.5, 0.6) is 0 Å². The number of carboxylic acids is 1. The molecule has 3 aromatic rings. The fourth-order valence-corrected chi connectivity index (χ4v) is 6.39. The van der Waals surface area contributed by atoms with E-state index in [0.29, 0.717) is 16.5 Å². The highest BCUT2D eigenvalue weighted by atomic mass is 35.5. The van der Waals surface area contributed by atoms with Crippen LogP contribution in [-0.4, -0.2) is 28.1 Å². The second-order valence-corrected chi connectivity index (χ2v) is 9.67. The molecule has 0 aromatic heterocycles. The molecule has 1 spiro atoms. The van der Waals surface area contributed by atoms with Crippen LogP contribution < -0.4 is 10.2 Å². The van der Waals surface area contributed by atoms with Gasteiger partial charge in [0.2, 0.25) is 4.87 Å². The predicted molar refractivity (Wildman–Crippen MR) is 127 cm³/mol. The molecule has 1 amide bonds. The molecule has 3 unspecified atom stereocenters. The molecule has 9 heteroatoms. The maximum Gasteiger partial charge on any atom is 0.335 e. The lowest BCUT2D eigenvalue weighted by molar-refractivity contribution is -0.117. The number of anilines is 2.